The lowest BCUT2D eigenvalue weighted by Gasteiger charge is -2.29. The van der Waals surface area contributed by atoms with Gasteiger partial charge in [-0.15, -0.1) is 13.2 Å². The van der Waals surface area contributed by atoms with Gasteiger partial charge in [0, 0.05) is 41.1 Å². The van der Waals surface area contributed by atoms with Crippen LogP contribution in [-0.2, 0) is 4.74 Å². The summed E-state index contributed by atoms with van der Waals surface area (Å²) >= 11 is 0. The average molecular weight is 457 g/mol. The Hall–Kier alpha value is -3.21. The maximum atomic E-state index is 12.4. The molecule has 0 amide bonds. The van der Waals surface area contributed by atoms with Gasteiger partial charge in [-0.2, -0.15) is 10.1 Å². The normalized spacial score (nSPS) is 21.7. The third-order valence-corrected chi connectivity index (χ3v) is 6.43. The van der Waals surface area contributed by atoms with Crippen LogP contribution >= 0.6 is 0 Å². The molecule has 4 aromatic heterocycles. The molecular weight excluding hydrogens is 435 g/mol. The van der Waals surface area contributed by atoms with E-state index in [9.17, 15) is 13.2 Å². The molecule has 0 unspecified atom stereocenters. The maximum Gasteiger partial charge on any atom is 0.522 e. The quantitative estimate of drug-likeness (QED) is 0.447. The highest BCUT2D eigenvalue weighted by molar-refractivity contribution is 5.92. The topological polar surface area (TPSA) is 93.0 Å². The zero-order chi connectivity index (χ0) is 22.6. The fourth-order valence-corrected chi connectivity index (χ4v) is 4.60. The Morgan fingerprint density at radius 1 is 1.06 bits per heavy atom. The number of aromatic nitrogens is 6. The molecule has 33 heavy (non-hydrogen) atoms. The summed E-state index contributed by atoms with van der Waals surface area (Å²) in [6.07, 6.45) is 6.26. The number of hydrogen-bond acceptors (Lipinski definition) is 6. The molecule has 2 aliphatic carbocycles. The zero-order valence-corrected chi connectivity index (χ0v) is 17.6. The van der Waals surface area contributed by atoms with Gasteiger partial charge >= 0.3 is 6.36 Å². The van der Waals surface area contributed by atoms with Crippen molar-refractivity contribution in [2.24, 2.45) is 0 Å². The van der Waals surface area contributed by atoms with E-state index in [-0.39, 0.29) is 6.04 Å². The first-order valence-corrected chi connectivity index (χ1v) is 11.1. The van der Waals surface area contributed by atoms with Crippen molar-refractivity contribution in [3.8, 4) is 11.3 Å². The van der Waals surface area contributed by atoms with E-state index < -0.39 is 12.5 Å². The second-order valence-electron chi connectivity index (χ2n) is 8.79. The number of nitrogens with one attached hydrogen (secondary N) is 2. The van der Waals surface area contributed by atoms with Crippen LogP contribution in [0.4, 0.5) is 19.1 Å². The first-order valence-electron chi connectivity index (χ1n) is 11.1. The molecule has 0 saturated heterocycles. The molecule has 0 aliphatic heterocycles. The van der Waals surface area contributed by atoms with Crippen LogP contribution in [0.5, 0.6) is 0 Å². The summed E-state index contributed by atoms with van der Waals surface area (Å²) in [4.78, 5) is 17.1. The van der Waals surface area contributed by atoms with Gasteiger partial charge in [0.2, 0.25) is 5.95 Å². The van der Waals surface area contributed by atoms with E-state index in [0.717, 1.165) is 22.3 Å². The molecule has 6 rings (SSSR count). The Morgan fingerprint density at radius 3 is 2.64 bits per heavy atom. The van der Waals surface area contributed by atoms with Gasteiger partial charge in [0.05, 0.1) is 18.0 Å². The van der Waals surface area contributed by atoms with Crippen molar-refractivity contribution in [1.82, 2.24) is 29.5 Å². The third-order valence-electron chi connectivity index (χ3n) is 6.43. The Balaban J connectivity index is 1.19. The Kier molecular flexibility index (Phi) is 4.75. The van der Waals surface area contributed by atoms with Crippen LogP contribution in [0.3, 0.4) is 0 Å². The minimum Gasteiger partial charge on any atom is -0.351 e. The minimum atomic E-state index is -4.58. The van der Waals surface area contributed by atoms with Crippen molar-refractivity contribution in [2.75, 3.05) is 5.32 Å². The van der Waals surface area contributed by atoms with Gasteiger partial charge in [0.25, 0.3) is 0 Å². The summed E-state index contributed by atoms with van der Waals surface area (Å²) in [5.74, 6) is 1.01. The predicted octanol–water partition coefficient (Wildman–Crippen LogP) is 4.80. The van der Waals surface area contributed by atoms with Gasteiger partial charge in [-0.3, -0.25) is 4.74 Å². The molecule has 0 aromatic carbocycles. The van der Waals surface area contributed by atoms with Crippen molar-refractivity contribution in [1.29, 1.82) is 0 Å². The lowest BCUT2D eigenvalue weighted by Crippen LogP contribution is -2.33. The van der Waals surface area contributed by atoms with Crippen LogP contribution in [0.1, 0.15) is 50.0 Å². The fraction of sp³-hybridized carbons (Fsp3) is 0.455. The highest BCUT2D eigenvalue weighted by Gasteiger charge is 2.35. The van der Waals surface area contributed by atoms with Crippen molar-refractivity contribution in [2.45, 2.75) is 63.0 Å². The Morgan fingerprint density at radius 2 is 1.88 bits per heavy atom. The van der Waals surface area contributed by atoms with Crippen molar-refractivity contribution in [3.63, 3.8) is 0 Å². The molecule has 0 atom stereocenters. The standard InChI is InChI=1S/C22H22F3N7O/c23-22(24,25)33-14-5-3-13(4-6-14)29-21-27-10-17-16(9-26-19(17)31-21)18-7-8-32-20(30-18)15(11-28-32)12-1-2-12/h7-14H,1-6H2,(H2,26,27,29,31)/t13-,14+. The van der Waals surface area contributed by atoms with Gasteiger partial charge in [-0.05, 0) is 50.5 Å². The number of rotatable bonds is 5. The number of hydrogen-bond donors (Lipinski definition) is 2. The number of H-pyrrole nitrogens is 1. The molecule has 0 spiro atoms. The molecule has 4 heterocycles. The number of aromatic amines is 1. The third kappa shape index (κ3) is 4.12. The molecule has 11 heteroatoms. The highest BCUT2D eigenvalue weighted by Crippen LogP contribution is 2.41. The number of fused-ring (bicyclic) bond motifs is 2. The second-order valence-corrected chi connectivity index (χ2v) is 8.79. The van der Waals surface area contributed by atoms with Gasteiger partial charge < -0.3 is 10.3 Å². The Bertz CT molecular complexity index is 1300. The molecule has 0 radical (unpaired) electrons. The fourth-order valence-electron chi connectivity index (χ4n) is 4.60. The Labute approximate surface area is 186 Å². The van der Waals surface area contributed by atoms with Crippen LogP contribution in [-0.4, -0.2) is 48.1 Å². The molecule has 4 aromatic rings. The van der Waals surface area contributed by atoms with Crippen molar-refractivity contribution in [3.05, 3.63) is 36.4 Å². The number of halogens is 3. The zero-order valence-electron chi connectivity index (χ0n) is 17.6. The minimum absolute atomic E-state index is 0.0109. The highest BCUT2D eigenvalue weighted by atomic mass is 19.4. The van der Waals surface area contributed by atoms with Gasteiger partial charge in [0.15, 0.2) is 5.65 Å². The first-order chi connectivity index (χ1) is 15.9. The maximum absolute atomic E-state index is 12.4. The predicted molar refractivity (Wildman–Crippen MR) is 115 cm³/mol. The largest absolute Gasteiger partial charge is 0.522 e. The van der Waals surface area contributed by atoms with Crippen molar-refractivity contribution < 1.29 is 17.9 Å². The van der Waals surface area contributed by atoms with Crippen LogP contribution < -0.4 is 5.32 Å². The van der Waals surface area contributed by atoms with Crippen molar-refractivity contribution >= 4 is 22.6 Å². The van der Waals surface area contributed by atoms with E-state index in [4.69, 9.17) is 4.98 Å². The van der Waals surface area contributed by atoms with E-state index in [0.29, 0.717) is 43.2 Å². The SMILES string of the molecule is FC(F)(F)O[C@H]1CC[C@@H](Nc2ncc3c(-c4ccn5ncc(C6CC6)c5n4)c[nH]c3n2)CC1. The summed E-state index contributed by atoms with van der Waals surface area (Å²) in [5, 5.41) is 8.50. The molecule has 8 nitrogen and oxygen atoms in total. The van der Waals surface area contributed by atoms with E-state index in [1.165, 1.54) is 18.4 Å². The summed E-state index contributed by atoms with van der Waals surface area (Å²) in [6, 6.07) is 1.93. The average Bonchev–Trinajstić information content (AvgIpc) is 3.40. The van der Waals surface area contributed by atoms with E-state index in [2.05, 4.69) is 30.1 Å². The van der Waals surface area contributed by atoms with Crippen LogP contribution in [0.2, 0.25) is 0 Å². The van der Waals surface area contributed by atoms with E-state index >= 15 is 0 Å². The smallest absolute Gasteiger partial charge is 0.351 e. The molecule has 2 N–H and O–H groups in total. The van der Waals surface area contributed by atoms with Crippen LogP contribution in [0, 0.1) is 0 Å². The first kappa shape index (κ1) is 20.4. The van der Waals surface area contributed by atoms with Gasteiger partial charge in [-0.25, -0.2) is 14.5 Å². The van der Waals surface area contributed by atoms with Gasteiger partial charge in [-0.1, -0.05) is 0 Å². The molecule has 2 saturated carbocycles. The summed E-state index contributed by atoms with van der Waals surface area (Å²) in [6.45, 7) is 0. The molecule has 172 valence electrons. The molecule has 2 fully saturated rings. The molecule has 0 bridgehead atoms. The van der Waals surface area contributed by atoms with Gasteiger partial charge in [0.1, 0.15) is 5.65 Å². The number of alkyl halides is 3. The summed E-state index contributed by atoms with van der Waals surface area (Å²) < 4.78 is 43.2. The molecule has 2 aliphatic rings. The number of anilines is 1. The van der Waals surface area contributed by atoms with E-state index in [1.807, 2.05) is 24.7 Å². The number of nitrogens with zero attached hydrogens (tertiary/aromatic N) is 5. The second kappa shape index (κ2) is 7.68. The lowest BCUT2D eigenvalue weighted by molar-refractivity contribution is -0.345. The van der Waals surface area contributed by atoms with Crippen LogP contribution in [0.25, 0.3) is 27.9 Å². The van der Waals surface area contributed by atoms with Crippen LogP contribution in [0.15, 0.2) is 30.9 Å². The number of ether oxygens (including phenoxy) is 1. The molecular formula is C22H22F3N7O. The summed E-state index contributed by atoms with van der Waals surface area (Å²) in [7, 11) is 0. The lowest BCUT2D eigenvalue weighted by atomic mass is 9.93. The summed E-state index contributed by atoms with van der Waals surface area (Å²) in [5.41, 5.74) is 4.48. The van der Waals surface area contributed by atoms with E-state index in [1.54, 1.807) is 10.7 Å². The monoisotopic (exact) mass is 457 g/mol.